The van der Waals surface area contributed by atoms with E-state index in [2.05, 4.69) is 6.07 Å². The largest absolute Gasteiger partial charge is 0.503 e. The summed E-state index contributed by atoms with van der Waals surface area (Å²) in [4.78, 5) is 0. The van der Waals surface area contributed by atoms with Gasteiger partial charge in [0.2, 0.25) is 0 Å². The summed E-state index contributed by atoms with van der Waals surface area (Å²) in [6, 6.07) is 5.78. The van der Waals surface area contributed by atoms with Crippen LogP contribution in [-0.2, 0) is 0 Å². The van der Waals surface area contributed by atoms with E-state index in [1.165, 1.54) is 7.11 Å². The number of benzene rings is 1. The lowest BCUT2D eigenvalue weighted by Gasteiger charge is -2.01. The molecule has 2 nitrogen and oxygen atoms in total. The van der Waals surface area contributed by atoms with Crippen molar-refractivity contribution in [3.05, 3.63) is 23.2 Å². The van der Waals surface area contributed by atoms with E-state index in [1.54, 1.807) is 12.1 Å². The summed E-state index contributed by atoms with van der Waals surface area (Å²) < 4.78 is 4.77. The highest BCUT2D eigenvalue weighted by Gasteiger charge is 2.03. The van der Waals surface area contributed by atoms with Crippen LogP contribution >= 0.6 is 11.6 Å². The van der Waals surface area contributed by atoms with Crippen molar-refractivity contribution in [2.45, 2.75) is 0 Å². The number of hydrogen-bond donors (Lipinski definition) is 1. The maximum Gasteiger partial charge on any atom is 0.177 e. The van der Waals surface area contributed by atoms with Gasteiger partial charge in [0.1, 0.15) is 0 Å². The first-order chi connectivity index (χ1) is 4.75. The quantitative estimate of drug-likeness (QED) is 0.674. The fourth-order valence-electron chi connectivity index (χ4n) is 0.611. The Morgan fingerprint density at radius 3 is 2.90 bits per heavy atom. The van der Waals surface area contributed by atoms with E-state index in [-0.39, 0.29) is 10.8 Å². The molecule has 0 aliphatic rings. The van der Waals surface area contributed by atoms with E-state index in [4.69, 9.17) is 21.4 Å². The first-order valence-electron chi connectivity index (χ1n) is 2.69. The van der Waals surface area contributed by atoms with Crippen molar-refractivity contribution >= 4 is 11.6 Å². The van der Waals surface area contributed by atoms with Crippen LogP contribution in [0.2, 0.25) is 5.02 Å². The van der Waals surface area contributed by atoms with Gasteiger partial charge in [0.05, 0.1) is 12.1 Å². The first-order valence-corrected chi connectivity index (χ1v) is 3.06. The Morgan fingerprint density at radius 1 is 1.70 bits per heavy atom. The third-order valence-electron chi connectivity index (χ3n) is 1.11. The fraction of sp³-hybridized carbons (Fsp3) is 0.143. The molecule has 0 saturated carbocycles. The minimum atomic E-state index is -0.0633. The van der Waals surface area contributed by atoms with Crippen molar-refractivity contribution in [1.82, 2.24) is 0 Å². The second-order valence-electron chi connectivity index (χ2n) is 1.71. The van der Waals surface area contributed by atoms with Crippen molar-refractivity contribution in [3.8, 4) is 11.5 Å². The van der Waals surface area contributed by atoms with Gasteiger partial charge in [-0.3, -0.25) is 0 Å². The number of ether oxygens (including phenoxy) is 1. The highest BCUT2D eigenvalue weighted by molar-refractivity contribution is 6.32. The molecular weight excluding hydrogens is 152 g/mol. The van der Waals surface area contributed by atoms with Crippen molar-refractivity contribution in [2.24, 2.45) is 0 Å². The van der Waals surface area contributed by atoms with Gasteiger partial charge in [0.25, 0.3) is 0 Å². The third-order valence-corrected chi connectivity index (χ3v) is 1.39. The van der Waals surface area contributed by atoms with E-state index in [0.29, 0.717) is 5.75 Å². The Balaban J connectivity index is 3.14. The molecule has 0 unspecified atom stereocenters. The average molecular weight is 158 g/mol. The molecule has 0 spiro atoms. The standard InChI is InChI=1S/C7H6ClO2/c1-10-6-4-2-3-5(8)7(6)9/h2,4,9H,1H3. The van der Waals surface area contributed by atoms with Crippen LogP contribution in [0.1, 0.15) is 0 Å². The molecule has 0 bridgehead atoms. The number of phenols is 1. The molecule has 0 aromatic heterocycles. The summed E-state index contributed by atoms with van der Waals surface area (Å²) in [6.45, 7) is 0. The molecule has 0 fully saturated rings. The number of halogens is 1. The Hall–Kier alpha value is -0.890. The highest BCUT2D eigenvalue weighted by atomic mass is 35.5. The number of phenolic OH excluding ortho intramolecular Hbond substituents is 1. The van der Waals surface area contributed by atoms with Gasteiger partial charge in [-0.15, -0.1) is 0 Å². The predicted molar refractivity (Wildman–Crippen MR) is 38.5 cm³/mol. The zero-order chi connectivity index (χ0) is 7.56. The molecule has 1 aromatic carbocycles. The fourth-order valence-corrected chi connectivity index (χ4v) is 0.767. The molecule has 0 aliphatic carbocycles. The average Bonchev–Trinajstić information content (AvgIpc) is 1.95. The summed E-state index contributed by atoms with van der Waals surface area (Å²) in [6.07, 6.45) is 0. The topological polar surface area (TPSA) is 29.5 Å². The molecule has 0 heterocycles. The summed E-state index contributed by atoms with van der Waals surface area (Å²) in [5.74, 6) is 0.301. The van der Waals surface area contributed by atoms with Crippen molar-refractivity contribution in [2.75, 3.05) is 7.11 Å². The summed E-state index contributed by atoms with van der Waals surface area (Å²) in [5.41, 5.74) is 0. The molecule has 0 atom stereocenters. The number of rotatable bonds is 1. The SMILES string of the molecule is COc1cc[c]c(Cl)c1O. The second kappa shape index (κ2) is 2.80. The molecule has 1 radical (unpaired) electrons. The van der Waals surface area contributed by atoms with E-state index in [0.717, 1.165) is 0 Å². The molecule has 0 saturated heterocycles. The zero-order valence-electron chi connectivity index (χ0n) is 5.39. The number of aromatic hydroxyl groups is 1. The second-order valence-corrected chi connectivity index (χ2v) is 2.09. The summed E-state index contributed by atoms with van der Waals surface area (Å²) in [5, 5.41) is 9.29. The maximum absolute atomic E-state index is 9.11. The number of hydrogen-bond acceptors (Lipinski definition) is 2. The van der Waals surface area contributed by atoms with Crippen LogP contribution < -0.4 is 4.74 Å². The smallest absolute Gasteiger partial charge is 0.177 e. The van der Waals surface area contributed by atoms with E-state index < -0.39 is 0 Å². The lowest BCUT2D eigenvalue weighted by molar-refractivity contribution is 0.373. The Kier molecular flexibility index (Phi) is 2.02. The molecule has 0 amide bonds. The van der Waals surface area contributed by atoms with Gasteiger partial charge in [0, 0.05) is 6.07 Å². The predicted octanol–water partition coefficient (Wildman–Crippen LogP) is 1.85. The minimum Gasteiger partial charge on any atom is -0.503 e. The van der Waals surface area contributed by atoms with Crippen molar-refractivity contribution in [1.29, 1.82) is 0 Å². The van der Waals surface area contributed by atoms with Crippen LogP contribution in [0.3, 0.4) is 0 Å². The summed E-state index contributed by atoms with van der Waals surface area (Å²) in [7, 11) is 1.46. The molecule has 10 heavy (non-hydrogen) atoms. The molecule has 0 aliphatic heterocycles. The Labute approximate surface area is 64.0 Å². The number of methoxy groups -OCH3 is 1. The van der Waals surface area contributed by atoms with Gasteiger partial charge < -0.3 is 9.84 Å². The normalized spacial score (nSPS) is 9.40. The first kappa shape index (κ1) is 7.22. The molecule has 3 heteroatoms. The van der Waals surface area contributed by atoms with Crippen LogP contribution in [0.4, 0.5) is 0 Å². The molecule has 1 rings (SSSR count). The molecule has 53 valence electrons. The van der Waals surface area contributed by atoms with Gasteiger partial charge in [-0.05, 0) is 12.1 Å². The third kappa shape index (κ3) is 1.16. The maximum atomic E-state index is 9.11. The highest BCUT2D eigenvalue weighted by Crippen LogP contribution is 2.32. The minimum absolute atomic E-state index is 0.0633. The van der Waals surface area contributed by atoms with Crippen LogP contribution in [0, 0.1) is 6.07 Å². The zero-order valence-corrected chi connectivity index (χ0v) is 6.14. The van der Waals surface area contributed by atoms with Crippen LogP contribution in [0.15, 0.2) is 12.1 Å². The van der Waals surface area contributed by atoms with Gasteiger partial charge in [-0.2, -0.15) is 0 Å². The van der Waals surface area contributed by atoms with Crippen molar-refractivity contribution in [3.63, 3.8) is 0 Å². The van der Waals surface area contributed by atoms with E-state index in [1.807, 2.05) is 0 Å². The Bertz CT molecular complexity index is 235. The van der Waals surface area contributed by atoms with Crippen molar-refractivity contribution < 1.29 is 9.84 Å². The lowest BCUT2D eigenvalue weighted by Crippen LogP contribution is -1.82. The van der Waals surface area contributed by atoms with E-state index in [9.17, 15) is 0 Å². The lowest BCUT2D eigenvalue weighted by atomic mass is 10.3. The molecular formula is C7H6ClO2. The Morgan fingerprint density at radius 2 is 2.40 bits per heavy atom. The van der Waals surface area contributed by atoms with E-state index >= 15 is 0 Å². The van der Waals surface area contributed by atoms with Crippen LogP contribution in [-0.4, -0.2) is 12.2 Å². The monoisotopic (exact) mass is 157 g/mol. The van der Waals surface area contributed by atoms with Gasteiger partial charge in [0.15, 0.2) is 11.5 Å². The van der Waals surface area contributed by atoms with Gasteiger partial charge >= 0.3 is 0 Å². The molecule has 1 aromatic rings. The molecule has 1 N–H and O–H groups in total. The van der Waals surface area contributed by atoms with Gasteiger partial charge in [-0.25, -0.2) is 0 Å². The van der Waals surface area contributed by atoms with Crippen LogP contribution in [0.25, 0.3) is 0 Å². The van der Waals surface area contributed by atoms with Gasteiger partial charge in [-0.1, -0.05) is 11.6 Å². The summed E-state index contributed by atoms with van der Waals surface area (Å²) >= 11 is 5.51. The van der Waals surface area contributed by atoms with Crippen LogP contribution in [0.5, 0.6) is 11.5 Å².